The van der Waals surface area contributed by atoms with Gasteiger partial charge < -0.3 is 14.3 Å². The largest absolute Gasteiger partial charge is 0.405 e. The smallest absolute Gasteiger partial charge is 0.240 e. The van der Waals surface area contributed by atoms with E-state index < -0.39 is 9.04 Å². The minimum absolute atomic E-state index is 0.0606. The Morgan fingerprint density at radius 1 is 1.00 bits per heavy atom. The topological polar surface area (TPSA) is 38.7 Å². The third-order valence-electron chi connectivity index (χ3n) is 4.97. The van der Waals surface area contributed by atoms with Crippen LogP contribution >= 0.6 is 0 Å². The zero-order valence-electron chi connectivity index (χ0n) is 16.0. The molecule has 0 amide bonds. The van der Waals surface area contributed by atoms with Gasteiger partial charge >= 0.3 is 0 Å². The Morgan fingerprint density at radius 3 is 2.00 bits per heavy atom. The Balaban J connectivity index is 1.92. The normalized spacial score (nSPS) is 22.3. The van der Waals surface area contributed by atoms with Crippen LogP contribution in [0.3, 0.4) is 0 Å². The van der Waals surface area contributed by atoms with Crippen LogP contribution in [-0.2, 0) is 9.16 Å². The molecule has 1 heterocycles. The van der Waals surface area contributed by atoms with Gasteiger partial charge in [0.1, 0.15) is 0 Å². The number of aliphatic hydroxyl groups is 1. The highest BCUT2D eigenvalue weighted by atomic mass is 28.3. The van der Waals surface area contributed by atoms with Gasteiger partial charge in [0.25, 0.3) is 0 Å². The van der Waals surface area contributed by atoms with Crippen LogP contribution in [0.1, 0.15) is 33.6 Å². The summed E-state index contributed by atoms with van der Waals surface area (Å²) in [6, 6.07) is 21.1. The Morgan fingerprint density at radius 2 is 1.54 bits per heavy atom. The van der Waals surface area contributed by atoms with Crippen LogP contribution in [0.4, 0.5) is 0 Å². The summed E-state index contributed by atoms with van der Waals surface area (Å²) in [5.41, 5.74) is -0.0729. The van der Waals surface area contributed by atoms with E-state index in [4.69, 9.17) is 9.16 Å². The summed E-state index contributed by atoms with van der Waals surface area (Å²) in [5, 5.41) is 12.7. The standard InChI is InChI=1S/C22H30O3Si/c1-22(2,3)21(20-16-17(23)14-15-24-20)25-26(18-10-6-4-7-11-18)19-12-8-5-9-13-19/h4-13,17,20-21,23,26H,14-16H2,1-3H3/t17-,20+,21?/m1/s1. The molecule has 1 fully saturated rings. The van der Waals surface area contributed by atoms with Gasteiger partial charge in [0.05, 0.1) is 18.3 Å². The fraction of sp³-hybridized carbons (Fsp3) is 0.455. The molecule has 0 spiro atoms. The van der Waals surface area contributed by atoms with Crippen molar-refractivity contribution in [2.75, 3.05) is 6.61 Å². The molecule has 140 valence electrons. The molecule has 2 aromatic rings. The fourth-order valence-corrected chi connectivity index (χ4v) is 6.34. The predicted octanol–water partition coefficient (Wildman–Crippen LogP) is 2.50. The van der Waals surface area contributed by atoms with Gasteiger partial charge in [0.2, 0.25) is 9.04 Å². The van der Waals surface area contributed by atoms with Gasteiger partial charge in [0.15, 0.2) is 0 Å². The molecule has 0 saturated carbocycles. The van der Waals surface area contributed by atoms with Gasteiger partial charge in [-0.05, 0) is 22.2 Å². The van der Waals surface area contributed by atoms with E-state index in [0.29, 0.717) is 19.4 Å². The highest BCUT2D eigenvalue weighted by molar-refractivity contribution is 6.80. The fourth-order valence-electron chi connectivity index (χ4n) is 3.62. The second kappa shape index (κ2) is 8.48. The van der Waals surface area contributed by atoms with Crippen LogP contribution in [0.2, 0.25) is 0 Å². The molecule has 1 N–H and O–H groups in total. The molecule has 3 atom stereocenters. The molecule has 4 heteroatoms. The second-order valence-electron chi connectivity index (χ2n) is 8.21. The maximum absolute atomic E-state index is 10.1. The van der Waals surface area contributed by atoms with Crippen LogP contribution in [0.25, 0.3) is 0 Å². The molecule has 0 aliphatic carbocycles. The van der Waals surface area contributed by atoms with E-state index in [1.807, 2.05) is 12.1 Å². The summed E-state index contributed by atoms with van der Waals surface area (Å²) in [4.78, 5) is 0. The first-order valence-corrected chi connectivity index (χ1v) is 11.1. The van der Waals surface area contributed by atoms with E-state index in [-0.39, 0.29) is 23.7 Å². The molecule has 0 bridgehead atoms. The van der Waals surface area contributed by atoms with E-state index in [0.717, 1.165) is 0 Å². The van der Waals surface area contributed by atoms with Gasteiger partial charge in [-0.1, -0.05) is 81.4 Å². The number of hydrogen-bond donors (Lipinski definition) is 1. The average Bonchev–Trinajstić information content (AvgIpc) is 2.63. The highest BCUT2D eigenvalue weighted by Crippen LogP contribution is 2.31. The quantitative estimate of drug-likeness (QED) is 0.822. The van der Waals surface area contributed by atoms with E-state index in [1.54, 1.807) is 0 Å². The molecule has 1 unspecified atom stereocenters. The minimum atomic E-state index is -1.86. The van der Waals surface area contributed by atoms with Crippen molar-refractivity contribution in [2.24, 2.45) is 5.41 Å². The maximum atomic E-state index is 10.1. The summed E-state index contributed by atoms with van der Waals surface area (Å²) in [6.07, 6.45) is 0.935. The lowest BCUT2D eigenvalue weighted by Crippen LogP contribution is -2.54. The summed E-state index contributed by atoms with van der Waals surface area (Å²) in [5.74, 6) is 0. The molecule has 0 aromatic heterocycles. The number of benzene rings is 2. The number of aliphatic hydroxyl groups excluding tert-OH is 1. The molecule has 1 saturated heterocycles. The summed E-state index contributed by atoms with van der Waals surface area (Å²) in [6.45, 7) is 7.20. The third kappa shape index (κ3) is 4.83. The van der Waals surface area contributed by atoms with Crippen molar-refractivity contribution in [1.29, 1.82) is 0 Å². The van der Waals surface area contributed by atoms with Crippen LogP contribution in [0, 0.1) is 5.41 Å². The van der Waals surface area contributed by atoms with Crippen LogP contribution in [-0.4, -0.2) is 39.1 Å². The van der Waals surface area contributed by atoms with Crippen molar-refractivity contribution in [1.82, 2.24) is 0 Å². The van der Waals surface area contributed by atoms with Gasteiger partial charge in [-0.2, -0.15) is 0 Å². The zero-order valence-corrected chi connectivity index (χ0v) is 17.1. The second-order valence-corrected chi connectivity index (χ2v) is 10.6. The SMILES string of the molecule is CC(C)(C)C(O[SiH](c1ccccc1)c1ccccc1)[C@@H]1C[C@H](O)CCO1. The van der Waals surface area contributed by atoms with Gasteiger partial charge in [0, 0.05) is 13.0 Å². The first kappa shape index (κ1) is 19.3. The Labute approximate surface area is 158 Å². The predicted molar refractivity (Wildman–Crippen MR) is 109 cm³/mol. The Hall–Kier alpha value is -1.46. The number of ether oxygens (including phenoxy) is 1. The van der Waals surface area contributed by atoms with Crippen LogP contribution in [0.5, 0.6) is 0 Å². The molecule has 1 aliphatic rings. The lowest BCUT2D eigenvalue weighted by atomic mass is 9.83. The lowest BCUT2D eigenvalue weighted by Gasteiger charge is -2.41. The third-order valence-corrected chi connectivity index (χ3v) is 7.51. The van der Waals surface area contributed by atoms with Crippen molar-refractivity contribution in [3.8, 4) is 0 Å². The average molecular weight is 371 g/mol. The van der Waals surface area contributed by atoms with Crippen LogP contribution < -0.4 is 10.4 Å². The first-order chi connectivity index (χ1) is 12.4. The van der Waals surface area contributed by atoms with Crippen molar-refractivity contribution < 1.29 is 14.3 Å². The Kier molecular flexibility index (Phi) is 6.30. The first-order valence-electron chi connectivity index (χ1n) is 9.50. The number of rotatable bonds is 5. The van der Waals surface area contributed by atoms with Gasteiger partial charge in [-0.15, -0.1) is 0 Å². The molecule has 26 heavy (non-hydrogen) atoms. The molecule has 2 aromatic carbocycles. The van der Waals surface area contributed by atoms with Crippen molar-refractivity contribution in [3.63, 3.8) is 0 Å². The van der Waals surface area contributed by atoms with E-state index in [2.05, 4.69) is 69.3 Å². The molecular formula is C22H30O3Si. The molecular weight excluding hydrogens is 340 g/mol. The maximum Gasteiger partial charge on any atom is 0.240 e. The van der Waals surface area contributed by atoms with Gasteiger partial charge in [-0.25, -0.2) is 0 Å². The van der Waals surface area contributed by atoms with Crippen molar-refractivity contribution in [3.05, 3.63) is 60.7 Å². The zero-order chi connectivity index (χ0) is 18.6. The molecule has 3 rings (SSSR count). The summed E-state index contributed by atoms with van der Waals surface area (Å²) >= 11 is 0. The molecule has 0 radical (unpaired) electrons. The van der Waals surface area contributed by atoms with E-state index in [1.165, 1.54) is 10.4 Å². The molecule has 3 nitrogen and oxygen atoms in total. The summed E-state index contributed by atoms with van der Waals surface area (Å²) in [7, 11) is -1.86. The summed E-state index contributed by atoms with van der Waals surface area (Å²) < 4.78 is 12.9. The van der Waals surface area contributed by atoms with Gasteiger partial charge in [-0.3, -0.25) is 0 Å². The van der Waals surface area contributed by atoms with E-state index in [9.17, 15) is 5.11 Å². The Bertz CT molecular complexity index is 629. The highest BCUT2D eigenvalue weighted by Gasteiger charge is 2.39. The van der Waals surface area contributed by atoms with Crippen molar-refractivity contribution >= 4 is 19.4 Å². The monoisotopic (exact) mass is 370 g/mol. The van der Waals surface area contributed by atoms with Crippen LogP contribution in [0.15, 0.2) is 60.7 Å². The lowest BCUT2D eigenvalue weighted by molar-refractivity contribution is -0.116. The van der Waals surface area contributed by atoms with Crippen molar-refractivity contribution in [2.45, 2.75) is 51.9 Å². The number of hydrogen-bond acceptors (Lipinski definition) is 3. The van der Waals surface area contributed by atoms with E-state index >= 15 is 0 Å². The molecule has 1 aliphatic heterocycles. The minimum Gasteiger partial charge on any atom is -0.405 e.